The molecule has 2 aromatic rings. The van der Waals surface area contributed by atoms with Gasteiger partial charge >= 0.3 is 0 Å². The number of ether oxygens (including phenoxy) is 1. The molecule has 0 spiro atoms. The highest BCUT2D eigenvalue weighted by molar-refractivity contribution is 7.80. The molecular formula is C21H22Cl3N3O2S. The Morgan fingerprint density at radius 2 is 1.43 bits per heavy atom. The van der Waals surface area contributed by atoms with Crippen LogP contribution in [0.15, 0.2) is 60.7 Å². The first-order valence-electron chi connectivity index (χ1n) is 9.46. The van der Waals surface area contributed by atoms with Crippen LogP contribution in [0, 0.1) is 0 Å². The SMILES string of the molecule is O=C(N[C@@H](NC(=S)N1CCOCC1)C(Cl)(Cl)Cl)C(c1ccccc1)c1ccccc1. The molecule has 1 amide bonds. The number of morpholine rings is 1. The van der Waals surface area contributed by atoms with Crippen molar-refractivity contribution in [2.45, 2.75) is 15.9 Å². The Hall–Kier alpha value is -1.57. The van der Waals surface area contributed by atoms with E-state index in [1.807, 2.05) is 65.6 Å². The van der Waals surface area contributed by atoms with E-state index in [0.29, 0.717) is 31.4 Å². The summed E-state index contributed by atoms with van der Waals surface area (Å²) in [5, 5.41) is 6.22. The van der Waals surface area contributed by atoms with Crippen LogP contribution >= 0.6 is 47.0 Å². The minimum absolute atomic E-state index is 0.305. The summed E-state index contributed by atoms with van der Waals surface area (Å²) in [5.41, 5.74) is 1.67. The fourth-order valence-electron chi connectivity index (χ4n) is 3.19. The van der Waals surface area contributed by atoms with E-state index in [0.717, 1.165) is 11.1 Å². The van der Waals surface area contributed by atoms with Gasteiger partial charge in [-0.05, 0) is 23.3 Å². The average molecular weight is 487 g/mol. The molecule has 1 atom stereocenters. The van der Waals surface area contributed by atoms with Crippen LogP contribution in [0.25, 0.3) is 0 Å². The molecule has 30 heavy (non-hydrogen) atoms. The van der Waals surface area contributed by atoms with Crippen molar-refractivity contribution in [3.8, 4) is 0 Å². The molecule has 0 saturated carbocycles. The molecule has 160 valence electrons. The zero-order valence-corrected chi connectivity index (χ0v) is 19.1. The van der Waals surface area contributed by atoms with Crippen molar-refractivity contribution in [2.24, 2.45) is 0 Å². The van der Waals surface area contributed by atoms with Crippen LogP contribution in [0.2, 0.25) is 0 Å². The average Bonchev–Trinajstić information content (AvgIpc) is 2.75. The van der Waals surface area contributed by atoms with E-state index in [1.54, 1.807) is 0 Å². The Morgan fingerprint density at radius 1 is 0.933 bits per heavy atom. The molecule has 1 fully saturated rings. The molecule has 3 rings (SSSR count). The lowest BCUT2D eigenvalue weighted by atomic mass is 9.90. The van der Waals surface area contributed by atoms with Crippen molar-refractivity contribution in [3.63, 3.8) is 0 Å². The van der Waals surface area contributed by atoms with Gasteiger partial charge in [0, 0.05) is 13.1 Å². The normalized spacial score (nSPS) is 15.5. The maximum atomic E-state index is 13.4. The Morgan fingerprint density at radius 3 is 1.90 bits per heavy atom. The molecule has 1 saturated heterocycles. The summed E-state index contributed by atoms with van der Waals surface area (Å²) < 4.78 is 3.52. The lowest BCUT2D eigenvalue weighted by Crippen LogP contribution is -2.59. The molecule has 2 N–H and O–H groups in total. The van der Waals surface area contributed by atoms with Gasteiger partial charge in [0.1, 0.15) is 6.17 Å². The number of thiocarbonyl (C=S) groups is 1. The predicted molar refractivity (Wildman–Crippen MR) is 125 cm³/mol. The van der Waals surface area contributed by atoms with Crippen molar-refractivity contribution in [2.75, 3.05) is 26.3 Å². The number of rotatable bonds is 5. The first-order chi connectivity index (χ1) is 14.4. The van der Waals surface area contributed by atoms with Crippen LogP contribution in [0.4, 0.5) is 0 Å². The van der Waals surface area contributed by atoms with E-state index < -0.39 is 15.9 Å². The smallest absolute Gasteiger partial charge is 0.233 e. The van der Waals surface area contributed by atoms with Gasteiger partial charge < -0.3 is 20.3 Å². The van der Waals surface area contributed by atoms with Crippen LogP contribution in [0.1, 0.15) is 17.0 Å². The number of amides is 1. The summed E-state index contributed by atoms with van der Waals surface area (Å²) in [6.07, 6.45) is -1.01. The van der Waals surface area contributed by atoms with Crippen LogP contribution in [0.3, 0.4) is 0 Å². The van der Waals surface area contributed by atoms with Crippen molar-refractivity contribution in [1.82, 2.24) is 15.5 Å². The minimum Gasteiger partial charge on any atom is -0.378 e. The molecule has 0 aliphatic carbocycles. The third-order valence-corrected chi connectivity index (χ3v) is 5.74. The van der Waals surface area contributed by atoms with Gasteiger partial charge in [0.2, 0.25) is 9.70 Å². The minimum atomic E-state index is -1.82. The molecule has 5 nitrogen and oxygen atoms in total. The van der Waals surface area contributed by atoms with Crippen LogP contribution in [0.5, 0.6) is 0 Å². The van der Waals surface area contributed by atoms with Crippen LogP contribution in [-0.4, -0.2) is 52.2 Å². The molecule has 1 heterocycles. The molecule has 0 bridgehead atoms. The lowest BCUT2D eigenvalue weighted by molar-refractivity contribution is -0.122. The number of hydrogen-bond acceptors (Lipinski definition) is 3. The topological polar surface area (TPSA) is 53.6 Å². The highest BCUT2D eigenvalue weighted by Gasteiger charge is 2.37. The van der Waals surface area contributed by atoms with Gasteiger partial charge in [0.05, 0.1) is 19.1 Å². The number of benzene rings is 2. The second kappa shape index (κ2) is 10.6. The third-order valence-electron chi connectivity index (χ3n) is 4.71. The number of carbonyl (C=O) groups excluding carboxylic acids is 1. The molecule has 0 aromatic heterocycles. The van der Waals surface area contributed by atoms with Crippen molar-refractivity contribution < 1.29 is 9.53 Å². The number of alkyl halides is 3. The number of hydrogen-bond donors (Lipinski definition) is 2. The Labute approximate surface area is 196 Å². The third kappa shape index (κ3) is 6.22. The van der Waals surface area contributed by atoms with E-state index in [2.05, 4.69) is 10.6 Å². The maximum absolute atomic E-state index is 13.4. The monoisotopic (exact) mass is 485 g/mol. The summed E-state index contributed by atoms with van der Waals surface area (Å²) in [6.45, 7) is 2.39. The molecule has 9 heteroatoms. The van der Waals surface area contributed by atoms with Gasteiger partial charge in [-0.25, -0.2) is 0 Å². The fourth-order valence-corrected chi connectivity index (χ4v) is 3.82. The van der Waals surface area contributed by atoms with Gasteiger partial charge in [-0.2, -0.15) is 0 Å². The molecule has 0 unspecified atom stereocenters. The van der Waals surface area contributed by atoms with Gasteiger partial charge in [-0.15, -0.1) is 0 Å². The van der Waals surface area contributed by atoms with E-state index in [9.17, 15) is 4.79 Å². The Balaban J connectivity index is 1.81. The second-order valence-corrected chi connectivity index (χ2v) is 9.54. The first kappa shape index (κ1) is 23.1. The molecule has 1 aliphatic rings. The van der Waals surface area contributed by atoms with Gasteiger partial charge in [-0.3, -0.25) is 4.79 Å². The fraction of sp³-hybridized carbons (Fsp3) is 0.333. The number of carbonyl (C=O) groups is 1. The summed E-state index contributed by atoms with van der Waals surface area (Å²) in [6, 6.07) is 18.9. The summed E-state index contributed by atoms with van der Waals surface area (Å²) in [7, 11) is 0. The van der Waals surface area contributed by atoms with E-state index in [-0.39, 0.29) is 5.91 Å². The zero-order chi connectivity index (χ0) is 21.6. The molecule has 1 aliphatic heterocycles. The maximum Gasteiger partial charge on any atom is 0.233 e. The van der Waals surface area contributed by atoms with E-state index in [1.165, 1.54) is 0 Å². The number of halogens is 3. The van der Waals surface area contributed by atoms with Crippen molar-refractivity contribution in [3.05, 3.63) is 71.8 Å². The quantitative estimate of drug-likeness (QED) is 0.382. The number of nitrogens with zero attached hydrogens (tertiary/aromatic N) is 1. The highest BCUT2D eigenvalue weighted by atomic mass is 35.6. The van der Waals surface area contributed by atoms with Gasteiger partial charge in [0.15, 0.2) is 5.11 Å². The van der Waals surface area contributed by atoms with Crippen molar-refractivity contribution in [1.29, 1.82) is 0 Å². The first-order valence-corrected chi connectivity index (χ1v) is 11.0. The van der Waals surface area contributed by atoms with Crippen LogP contribution in [-0.2, 0) is 9.53 Å². The van der Waals surface area contributed by atoms with E-state index >= 15 is 0 Å². The Bertz CT molecular complexity index is 804. The standard InChI is InChI=1S/C21H22Cl3N3O2S/c22-21(23,24)19(26-20(30)27-11-13-29-14-12-27)25-18(28)17(15-7-3-1-4-8-15)16-9-5-2-6-10-16/h1-10,17,19H,11-14H2,(H,25,28)(H,26,30)/t19-/m0/s1. The summed E-state index contributed by atoms with van der Waals surface area (Å²) in [4.78, 5) is 15.3. The van der Waals surface area contributed by atoms with Gasteiger partial charge in [-0.1, -0.05) is 95.5 Å². The highest BCUT2D eigenvalue weighted by Crippen LogP contribution is 2.31. The summed E-state index contributed by atoms with van der Waals surface area (Å²) in [5.74, 6) is -0.873. The largest absolute Gasteiger partial charge is 0.378 e. The molecule has 0 radical (unpaired) electrons. The van der Waals surface area contributed by atoms with E-state index in [4.69, 9.17) is 51.8 Å². The van der Waals surface area contributed by atoms with Crippen molar-refractivity contribution >= 4 is 58.0 Å². The molecule has 2 aromatic carbocycles. The zero-order valence-electron chi connectivity index (χ0n) is 16.1. The molecular weight excluding hydrogens is 465 g/mol. The van der Waals surface area contributed by atoms with Gasteiger partial charge in [0.25, 0.3) is 0 Å². The van der Waals surface area contributed by atoms with Crippen LogP contribution < -0.4 is 10.6 Å². The lowest BCUT2D eigenvalue weighted by Gasteiger charge is -2.34. The summed E-state index contributed by atoms with van der Waals surface area (Å²) >= 11 is 24.0. The Kier molecular flexibility index (Phi) is 8.20. The predicted octanol–water partition coefficient (Wildman–Crippen LogP) is 3.84. The number of nitrogens with one attached hydrogen (secondary N) is 2. The second-order valence-electron chi connectivity index (χ2n) is 6.79.